The van der Waals surface area contributed by atoms with Crippen molar-refractivity contribution in [1.29, 1.82) is 0 Å². The molecule has 41 heavy (non-hydrogen) atoms. The first-order chi connectivity index (χ1) is 19.4. The molecular formula is C30H44N4O6S. The molecule has 5 N–H and O–H groups in total. The number of aliphatic hydroxyl groups excluding tert-OH is 2. The van der Waals surface area contributed by atoms with Crippen LogP contribution in [0.15, 0.2) is 29.8 Å². The van der Waals surface area contributed by atoms with Crippen LogP contribution in [-0.4, -0.2) is 73.9 Å². The Morgan fingerprint density at radius 2 is 1.78 bits per heavy atom. The number of likely N-dealkylation sites (tertiary alicyclic amines) is 1. The van der Waals surface area contributed by atoms with Gasteiger partial charge in [0, 0.05) is 25.9 Å². The second kappa shape index (κ2) is 14.9. The summed E-state index contributed by atoms with van der Waals surface area (Å²) in [4.78, 5) is 46.4. The van der Waals surface area contributed by atoms with Crippen molar-refractivity contribution < 1.29 is 29.7 Å². The Kier molecular flexibility index (Phi) is 11.8. The number of carbonyl (C=O) groups excluding carboxylic acids is 3. The Labute approximate surface area is 246 Å². The molecule has 10 nitrogen and oxygen atoms in total. The molecule has 2 heterocycles. The van der Waals surface area contributed by atoms with Gasteiger partial charge in [0.2, 0.25) is 17.7 Å². The fourth-order valence-corrected chi connectivity index (χ4v) is 5.79. The molecule has 3 rings (SSSR count). The van der Waals surface area contributed by atoms with Crippen molar-refractivity contribution in [1.82, 2.24) is 20.5 Å². The first kappa shape index (κ1) is 32.7. The van der Waals surface area contributed by atoms with Crippen LogP contribution in [0.1, 0.15) is 77.0 Å². The predicted molar refractivity (Wildman–Crippen MR) is 158 cm³/mol. The molecule has 0 bridgehead atoms. The summed E-state index contributed by atoms with van der Waals surface area (Å²) in [5, 5.41) is 34.0. The van der Waals surface area contributed by atoms with Crippen LogP contribution in [0.2, 0.25) is 0 Å². The number of aromatic nitrogens is 1. The molecule has 3 amide bonds. The second-order valence-corrected chi connectivity index (χ2v) is 12.7. The van der Waals surface area contributed by atoms with Gasteiger partial charge in [-0.1, -0.05) is 57.9 Å². The van der Waals surface area contributed by atoms with E-state index in [9.17, 15) is 19.5 Å². The zero-order valence-electron chi connectivity index (χ0n) is 24.4. The lowest BCUT2D eigenvalue weighted by atomic mass is 9.85. The highest BCUT2D eigenvalue weighted by molar-refractivity contribution is 7.13. The van der Waals surface area contributed by atoms with E-state index in [1.807, 2.05) is 57.5 Å². The number of benzene rings is 1. The van der Waals surface area contributed by atoms with Crippen molar-refractivity contribution in [2.24, 2.45) is 5.41 Å². The van der Waals surface area contributed by atoms with Gasteiger partial charge in [0.1, 0.15) is 12.1 Å². The number of rotatable bonds is 13. The van der Waals surface area contributed by atoms with E-state index >= 15 is 0 Å². The number of aryl methyl sites for hydroxylation is 1. The average Bonchev–Trinajstić information content (AvgIpc) is 3.52. The van der Waals surface area contributed by atoms with E-state index in [1.165, 1.54) is 4.90 Å². The summed E-state index contributed by atoms with van der Waals surface area (Å²) >= 11 is 1.58. The SMILES string of the molecule is Cc1ncsc1-c1ccc(CNC(=O)[C@@H]2C[C@@H](O)CN2C(=O)[C@@H](NC(=O)CCCCCCC(O)O)C(C)(C)C)cc1. The fraction of sp³-hybridized carbons (Fsp3) is 0.600. The van der Waals surface area contributed by atoms with Gasteiger partial charge in [-0.25, -0.2) is 4.98 Å². The first-order valence-electron chi connectivity index (χ1n) is 14.3. The minimum Gasteiger partial charge on any atom is -0.391 e. The molecule has 2 aromatic rings. The molecule has 0 aliphatic carbocycles. The smallest absolute Gasteiger partial charge is 0.246 e. The van der Waals surface area contributed by atoms with Gasteiger partial charge < -0.3 is 30.9 Å². The lowest BCUT2D eigenvalue weighted by Crippen LogP contribution is -2.57. The second-order valence-electron chi connectivity index (χ2n) is 11.9. The third-order valence-electron chi connectivity index (χ3n) is 7.33. The molecular weight excluding hydrogens is 544 g/mol. The number of amides is 3. The highest BCUT2D eigenvalue weighted by Gasteiger charge is 2.44. The maximum atomic E-state index is 13.7. The largest absolute Gasteiger partial charge is 0.391 e. The van der Waals surface area contributed by atoms with Crippen LogP contribution < -0.4 is 10.6 Å². The van der Waals surface area contributed by atoms with Gasteiger partial charge in [-0.15, -0.1) is 11.3 Å². The lowest BCUT2D eigenvalue weighted by molar-refractivity contribution is -0.144. The quantitative estimate of drug-likeness (QED) is 0.178. The molecule has 0 unspecified atom stereocenters. The molecule has 1 aliphatic heterocycles. The van der Waals surface area contributed by atoms with E-state index in [-0.39, 0.29) is 43.7 Å². The molecule has 3 atom stereocenters. The van der Waals surface area contributed by atoms with E-state index < -0.39 is 29.9 Å². The van der Waals surface area contributed by atoms with Gasteiger partial charge in [-0.05, 0) is 42.7 Å². The summed E-state index contributed by atoms with van der Waals surface area (Å²) in [6.45, 7) is 7.85. The van der Waals surface area contributed by atoms with E-state index in [1.54, 1.807) is 11.3 Å². The van der Waals surface area contributed by atoms with Crippen molar-refractivity contribution in [3.8, 4) is 10.4 Å². The Morgan fingerprint density at radius 3 is 2.39 bits per heavy atom. The summed E-state index contributed by atoms with van der Waals surface area (Å²) in [5.41, 5.74) is 4.14. The van der Waals surface area contributed by atoms with Crippen LogP contribution in [0.25, 0.3) is 10.4 Å². The van der Waals surface area contributed by atoms with Crippen LogP contribution in [0, 0.1) is 12.3 Å². The van der Waals surface area contributed by atoms with Crippen LogP contribution in [0.3, 0.4) is 0 Å². The Bertz CT molecular complexity index is 1160. The number of unbranched alkanes of at least 4 members (excludes halogenated alkanes) is 3. The highest BCUT2D eigenvalue weighted by Crippen LogP contribution is 2.28. The van der Waals surface area contributed by atoms with Gasteiger partial charge in [0.15, 0.2) is 6.29 Å². The summed E-state index contributed by atoms with van der Waals surface area (Å²) in [6, 6.07) is 6.19. The van der Waals surface area contributed by atoms with Crippen molar-refractivity contribution >= 4 is 29.1 Å². The minimum atomic E-state index is -1.31. The van der Waals surface area contributed by atoms with Gasteiger partial charge in [-0.3, -0.25) is 14.4 Å². The maximum Gasteiger partial charge on any atom is 0.246 e. The zero-order valence-corrected chi connectivity index (χ0v) is 25.2. The third-order valence-corrected chi connectivity index (χ3v) is 8.31. The summed E-state index contributed by atoms with van der Waals surface area (Å²) in [7, 11) is 0. The summed E-state index contributed by atoms with van der Waals surface area (Å²) in [5.74, 6) is -0.980. The molecule has 1 aliphatic rings. The van der Waals surface area contributed by atoms with Crippen LogP contribution in [-0.2, 0) is 20.9 Å². The number of thiazole rings is 1. The topological polar surface area (TPSA) is 152 Å². The Hall–Kier alpha value is -2.86. The highest BCUT2D eigenvalue weighted by atomic mass is 32.1. The molecule has 0 radical (unpaired) electrons. The standard InChI is InChI=1S/C30H44N4O6S/c1-19-26(41-18-32-19)21-13-11-20(12-14-21)16-31-28(39)23-15-22(35)17-34(23)29(40)27(30(2,3)4)33-24(36)9-7-5-6-8-10-25(37)38/h11-14,18,22-23,25,27,35,37-38H,5-10,15-17H2,1-4H3,(H,31,39)(H,33,36)/t22-,23+,27-/m1/s1. The molecule has 1 aromatic heterocycles. The monoisotopic (exact) mass is 588 g/mol. The number of aliphatic hydroxyl groups is 3. The predicted octanol–water partition coefficient (Wildman–Crippen LogP) is 2.88. The zero-order chi connectivity index (χ0) is 30.2. The number of nitrogens with zero attached hydrogens (tertiary/aromatic N) is 2. The molecule has 0 saturated carbocycles. The van der Waals surface area contributed by atoms with Crippen molar-refractivity contribution in [3.63, 3.8) is 0 Å². The number of hydrogen-bond acceptors (Lipinski definition) is 8. The lowest BCUT2D eigenvalue weighted by Gasteiger charge is -2.35. The molecule has 1 fully saturated rings. The first-order valence-corrected chi connectivity index (χ1v) is 15.2. The number of carbonyl (C=O) groups is 3. The van der Waals surface area contributed by atoms with Crippen LogP contribution >= 0.6 is 11.3 Å². The Balaban J connectivity index is 1.57. The van der Waals surface area contributed by atoms with Gasteiger partial charge in [-0.2, -0.15) is 0 Å². The maximum absolute atomic E-state index is 13.7. The summed E-state index contributed by atoms with van der Waals surface area (Å²) in [6.07, 6.45) is 1.39. The number of hydrogen-bond donors (Lipinski definition) is 5. The third kappa shape index (κ3) is 9.59. The molecule has 11 heteroatoms. The summed E-state index contributed by atoms with van der Waals surface area (Å²) < 4.78 is 0. The molecule has 1 saturated heterocycles. The fourth-order valence-electron chi connectivity index (χ4n) is 4.98. The van der Waals surface area contributed by atoms with E-state index in [4.69, 9.17) is 10.2 Å². The molecule has 0 spiro atoms. The van der Waals surface area contributed by atoms with Crippen LogP contribution in [0.4, 0.5) is 0 Å². The molecule has 226 valence electrons. The van der Waals surface area contributed by atoms with E-state index in [0.717, 1.165) is 34.5 Å². The van der Waals surface area contributed by atoms with Crippen molar-refractivity contribution in [2.75, 3.05) is 6.54 Å². The minimum absolute atomic E-state index is 0.0268. The van der Waals surface area contributed by atoms with Crippen molar-refractivity contribution in [3.05, 3.63) is 41.0 Å². The van der Waals surface area contributed by atoms with Crippen molar-refractivity contribution in [2.45, 2.75) is 104 Å². The Morgan fingerprint density at radius 1 is 1.10 bits per heavy atom. The van der Waals surface area contributed by atoms with Gasteiger partial charge in [0.05, 0.1) is 22.2 Å². The van der Waals surface area contributed by atoms with Gasteiger partial charge in [0.25, 0.3) is 0 Å². The van der Waals surface area contributed by atoms with E-state index in [2.05, 4.69) is 15.6 Å². The molecule has 1 aromatic carbocycles. The van der Waals surface area contributed by atoms with Crippen LogP contribution in [0.5, 0.6) is 0 Å². The number of β-amino-alcohol motifs (C(OH)–C–C–N with tert-alkyl or cyclic N) is 1. The average molecular weight is 589 g/mol. The normalized spacial score (nSPS) is 18.0. The number of nitrogens with one attached hydrogen (secondary N) is 2. The van der Waals surface area contributed by atoms with E-state index in [0.29, 0.717) is 19.3 Å². The van der Waals surface area contributed by atoms with Gasteiger partial charge >= 0.3 is 0 Å².